The number of thioether (sulfide) groups is 1. The summed E-state index contributed by atoms with van der Waals surface area (Å²) >= 11 is 1.40. The SMILES string of the molecule is O=C(CC1Sc2ccccc2NC1=O)Nc1ccc(NC(=O)C2CC2)cc1. The highest BCUT2D eigenvalue weighted by Gasteiger charge is 2.30. The van der Waals surface area contributed by atoms with Gasteiger partial charge in [-0.2, -0.15) is 0 Å². The molecule has 6 nitrogen and oxygen atoms in total. The highest BCUT2D eigenvalue weighted by atomic mass is 32.2. The zero-order valence-electron chi connectivity index (χ0n) is 14.5. The molecule has 1 atom stereocenters. The molecule has 0 bridgehead atoms. The highest BCUT2D eigenvalue weighted by Crippen LogP contribution is 2.36. The minimum absolute atomic E-state index is 0.0485. The van der Waals surface area contributed by atoms with Crippen LogP contribution in [0, 0.1) is 5.92 Å². The van der Waals surface area contributed by atoms with E-state index in [1.807, 2.05) is 24.3 Å². The van der Waals surface area contributed by atoms with Crippen molar-refractivity contribution in [3.63, 3.8) is 0 Å². The molecule has 1 heterocycles. The van der Waals surface area contributed by atoms with Crippen molar-refractivity contribution in [1.82, 2.24) is 0 Å². The van der Waals surface area contributed by atoms with Crippen molar-refractivity contribution >= 4 is 46.5 Å². The normalized spacial score (nSPS) is 18.2. The maximum Gasteiger partial charge on any atom is 0.238 e. The molecule has 138 valence electrons. The Bertz CT molecular complexity index is 894. The van der Waals surface area contributed by atoms with Crippen LogP contribution in [-0.2, 0) is 14.4 Å². The fourth-order valence-corrected chi connectivity index (χ4v) is 3.94. The van der Waals surface area contributed by atoms with Crippen molar-refractivity contribution in [2.45, 2.75) is 29.4 Å². The summed E-state index contributed by atoms with van der Waals surface area (Å²) in [6.45, 7) is 0. The molecular weight excluding hydrogens is 362 g/mol. The molecule has 1 saturated carbocycles. The Labute approximate surface area is 161 Å². The number of amides is 3. The Morgan fingerprint density at radius 2 is 1.67 bits per heavy atom. The van der Waals surface area contributed by atoms with Gasteiger partial charge in [0.15, 0.2) is 0 Å². The third-order valence-electron chi connectivity index (χ3n) is 4.46. The van der Waals surface area contributed by atoms with E-state index in [1.165, 1.54) is 11.8 Å². The van der Waals surface area contributed by atoms with Gasteiger partial charge in [0.05, 0.1) is 10.9 Å². The Morgan fingerprint density at radius 1 is 1.00 bits per heavy atom. The summed E-state index contributed by atoms with van der Waals surface area (Å²) in [7, 11) is 0. The molecule has 7 heteroatoms. The van der Waals surface area contributed by atoms with Crippen LogP contribution in [0.5, 0.6) is 0 Å². The molecule has 1 aliphatic carbocycles. The summed E-state index contributed by atoms with van der Waals surface area (Å²) in [5.41, 5.74) is 2.13. The lowest BCUT2D eigenvalue weighted by Gasteiger charge is -2.23. The number of nitrogens with one attached hydrogen (secondary N) is 3. The number of rotatable bonds is 5. The molecule has 0 saturated heterocycles. The first kappa shape index (κ1) is 17.6. The van der Waals surface area contributed by atoms with Crippen LogP contribution in [0.15, 0.2) is 53.4 Å². The predicted octanol–water partition coefficient (Wildman–Crippen LogP) is 3.48. The molecule has 27 heavy (non-hydrogen) atoms. The van der Waals surface area contributed by atoms with Crippen LogP contribution in [0.2, 0.25) is 0 Å². The van der Waals surface area contributed by atoms with Crippen molar-refractivity contribution in [3.05, 3.63) is 48.5 Å². The number of fused-ring (bicyclic) bond motifs is 1. The van der Waals surface area contributed by atoms with E-state index in [9.17, 15) is 14.4 Å². The van der Waals surface area contributed by atoms with E-state index >= 15 is 0 Å². The van der Waals surface area contributed by atoms with Gasteiger partial charge in [-0.3, -0.25) is 14.4 Å². The van der Waals surface area contributed by atoms with Gasteiger partial charge in [0.2, 0.25) is 17.7 Å². The van der Waals surface area contributed by atoms with Crippen molar-refractivity contribution in [1.29, 1.82) is 0 Å². The maximum absolute atomic E-state index is 12.3. The van der Waals surface area contributed by atoms with Crippen LogP contribution in [0.3, 0.4) is 0 Å². The van der Waals surface area contributed by atoms with Gasteiger partial charge in [-0.25, -0.2) is 0 Å². The number of hydrogen-bond acceptors (Lipinski definition) is 4. The number of carbonyl (C=O) groups excluding carboxylic acids is 3. The van der Waals surface area contributed by atoms with Crippen LogP contribution < -0.4 is 16.0 Å². The highest BCUT2D eigenvalue weighted by molar-refractivity contribution is 8.01. The van der Waals surface area contributed by atoms with Crippen molar-refractivity contribution < 1.29 is 14.4 Å². The lowest BCUT2D eigenvalue weighted by atomic mass is 10.2. The molecule has 4 rings (SSSR count). The van der Waals surface area contributed by atoms with Crippen LogP contribution >= 0.6 is 11.8 Å². The summed E-state index contributed by atoms with van der Waals surface area (Å²) in [6, 6.07) is 14.5. The first-order valence-corrected chi connectivity index (χ1v) is 9.74. The molecular formula is C20H19N3O3S. The van der Waals surface area contributed by atoms with Gasteiger partial charge in [-0.05, 0) is 49.2 Å². The quantitative estimate of drug-likeness (QED) is 0.740. The first-order valence-electron chi connectivity index (χ1n) is 8.86. The maximum atomic E-state index is 12.3. The molecule has 0 radical (unpaired) electrons. The Hall–Kier alpha value is -2.80. The molecule has 1 unspecified atom stereocenters. The fraction of sp³-hybridized carbons (Fsp3) is 0.250. The molecule has 2 aromatic rings. The smallest absolute Gasteiger partial charge is 0.238 e. The van der Waals surface area contributed by atoms with E-state index in [2.05, 4.69) is 16.0 Å². The minimum Gasteiger partial charge on any atom is -0.326 e. The van der Waals surface area contributed by atoms with Crippen molar-refractivity contribution in [2.75, 3.05) is 16.0 Å². The van der Waals surface area contributed by atoms with Crippen LogP contribution in [0.4, 0.5) is 17.1 Å². The Balaban J connectivity index is 1.32. The number of carbonyl (C=O) groups is 3. The summed E-state index contributed by atoms with van der Waals surface area (Å²) in [5.74, 6) is -0.190. The summed E-state index contributed by atoms with van der Waals surface area (Å²) < 4.78 is 0. The van der Waals surface area contributed by atoms with Crippen LogP contribution in [0.25, 0.3) is 0 Å². The second-order valence-electron chi connectivity index (χ2n) is 6.69. The topological polar surface area (TPSA) is 87.3 Å². The van der Waals surface area contributed by atoms with E-state index in [1.54, 1.807) is 24.3 Å². The lowest BCUT2D eigenvalue weighted by molar-refractivity contribution is -0.120. The largest absolute Gasteiger partial charge is 0.326 e. The average molecular weight is 381 g/mol. The van der Waals surface area contributed by atoms with E-state index in [-0.39, 0.29) is 30.1 Å². The molecule has 2 aliphatic rings. The average Bonchev–Trinajstić information content (AvgIpc) is 3.49. The van der Waals surface area contributed by atoms with Gasteiger partial charge in [-0.15, -0.1) is 11.8 Å². The van der Waals surface area contributed by atoms with E-state index in [0.717, 1.165) is 23.4 Å². The molecule has 1 aliphatic heterocycles. The predicted molar refractivity (Wildman–Crippen MR) is 106 cm³/mol. The Morgan fingerprint density at radius 3 is 2.37 bits per heavy atom. The number of para-hydroxylation sites is 1. The summed E-state index contributed by atoms with van der Waals surface area (Å²) in [4.78, 5) is 37.2. The molecule has 1 fully saturated rings. The number of hydrogen-bond donors (Lipinski definition) is 3. The second-order valence-corrected chi connectivity index (χ2v) is 7.93. The van der Waals surface area contributed by atoms with Crippen LogP contribution in [0.1, 0.15) is 19.3 Å². The van der Waals surface area contributed by atoms with Crippen LogP contribution in [-0.4, -0.2) is 23.0 Å². The van der Waals surface area contributed by atoms with E-state index in [4.69, 9.17) is 0 Å². The zero-order valence-corrected chi connectivity index (χ0v) is 15.3. The monoisotopic (exact) mass is 381 g/mol. The van der Waals surface area contributed by atoms with Gasteiger partial charge in [0.1, 0.15) is 0 Å². The summed E-state index contributed by atoms with van der Waals surface area (Å²) in [6.07, 6.45) is 2.00. The number of anilines is 3. The molecule has 0 aromatic heterocycles. The first-order chi connectivity index (χ1) is 13.1. The van der Waals surface area contributed by atoms with Gasteiger partial charge in [0, 0.05) is 28.6 Å². The third-order valence-corrected chi connectivity index (χ3v) is 5.74. The van der Waals surface area contributed by atoms with Gasteiger partial charge in [0.25, 0.3) is 0 Å². The second kappa shape index (κ2) is 7.44. The Kier molecular flexibility index (Phi) is 4.85. The standard InChI is InChI=1S/C20H19N3O3S/c24-18(11-17-20(26)23-15-3-1-2-4-16(15)27-17)21-13-7-9-14(10-8-13)22-19(25)12-5-6-12/h1-4,7-10,12,17H,5-6,11H2,(H,21,24)(H,22,25)(H,23,26). The fourth-order valence-electron chi connectivity index (χ4n) is 2.83. The van der Waals surface area contributed by atoms with Crippen molar-refractivity contribution in [3.8, 4) is 0 Å². The van der Waals surface area contributed by atoms with E-state index < -0.39 is 5.25 Å². The van der Waals surface area contributed by atoms with Gasteiger partial charge >= 0.3 is 0 Å². The minimum atomic E-state index is -0.461. The molecule has 3 N–H and O–H groups in total. The molecule has 2 aromatic carbocycles. The summed E-state index contributed by atoms with van der Waals surface area (Å²) in [5, 5.41) is 8.04. The molecule has 3 amide bonds. The number of benzene rings is 2. The zero-order chi connectivity index (χ0) is 18.8. The van der Waals surface area contributed by atoms with E-state index in [0.29, 0.717) is 11.4 Å². The third kappa shape index (κ3) is 4.31. The molecule has 0 spiro atoms. The van der Waals surface area contributed by atoms with Crippen molar-refractivity contribution in [2.24, 2.45) is 5.92 Å². The van der Waals surface area contributed by atoms with Gasteiger partial charge < -0.3 is 16.0 Å². The van der Waals surface area contributed by atoms with Gasteiger partial charge in [-0.1, -0.05) is 12.1 Å². The lowest BCUT2D eigenvalue weighted by Crippen LogP contribution is -2.32.